The first kappa shape index (κ1) is 14.4. The number of methoxy groups -OCH3 is 1. The second kappa shape index (κ2) is 6.96. The highest BCUT2D eigenvalue weighted by Gasteiger charge is 2.12. The number of unbranched alkanes of at least 4 members (excludes halogenated alkanes) is 1. The zero-order chi connectivity index (χ0) is 13.5. The molecule has 0 radical (unpaired) electrons. The van der Waals surface area contributed by atoms with Crippen LogP contribution in [0.2, 0.25) is 0 Å². The number of non-ortho nitro benzene ring substituents is 1. The molecule has 0 heterocycles. The second-order valence-electron chi connectivity index (χ2n) is 4.34. The first-order valence-corrected chi connectivity index (χ1v) is 6.08. The van der Waals surface area contributed by atoms with E-state index >= 15 is 0 Å². The van der Waals surface area contributed by atoms with Gasteiger partial charge in [0.15, 0.2) is 0 Å². The van der Waals surface area contributed by atoms with Crippen molar-refractivity contribution in [2.75, 3.05) is 20.7 Å². The fraction of sp³-hybridized carbons (Fsp3) is 0.538. The minimum Gasteiger partial charge on any atom is -0.496 e. The Balaban J connectivity index is 2.84. The first-order valence-electron chi connectivity index (χ1n) is 6.08. The van der Waals surface area contributed by atoms with Crippen molar-refractivity contribution in [3.05, 3.63) is 33.9 Å². The van der Waals surface area contributed by atoms with Crippen LogP contribution in [0, 0.1) is 10.1 Å². The van der Waals surface area contributed by atoms with E-state index in [1.807, 2.05) is 7.05 Å². The number of nitrogens with zero attached hydrogens (tertiary/aromatic N) is 2. The lowest BCUT2D eigenvalue weighted by molar-refractivity contribution is -0.384. The molecule has 18 heavy (non-hydrogen) atoms. The van der Waals surface area contributed by atoms with E-state index in [4.69, 9.17) is 4.74 Å². The Labute approximate surface area is 108 Å². The quantitative estimate of drug-likeness (QED) is 0.553. The fourth-order valence-corrected chi connectivity index (χ4v) is 1.80. The summed E-state index contributed by atoms with van der Waals surface area (Å²) >= 11 is 0. The van der Waals surface area contributed by atoms with E-state index in [-0.39, 0.29) is 10.6 Å². The molecule has 100 valence electrons. The van der Waals surface area contributed by atoms with Crippen molar-refractivity contribution in [1.82, 2.24) is 4.90 Å². The Morgan fingerprint density at radius 2 is 2.17 bits per heavy atom. The minimum absolute atomic E-state index is 0.106. The maximum Gasteiger partial charge on any atom is 0.270 e. The molecule has 0 aromatic heterocycles. The number of ether oxygens (including phenoxy) is 1. The average Bonchev–Trinajstić information content (AvgIpc) is 2.36. The normalized spacial score (nSPS) is 10.7. The molecule has 0 aliphatic heterocycles. The van der Waals surface area contributed by atoms with Gasteiger partial charge in [-0.3, -0.25) is 10.1 Å². The van der Waals surface area contributed by atoms with Crippen LogP contribution in [0.3, 0.4) is 0 Å². The van der Waals surface area contributed by atoms with E-state index in [9.17, 15) is 10.1 Å². The van der Waals surface area contributed by atoms with Crippen LogP contribution in [-0.2, 0) is 6.54 Å². The molecule has 0 aliphatic rings. The zero-order valence-electron chi connectivity index (χ0n) is 11.2. The van der Waals surface area contributed by atoms with Gasteiger partial charge in [-0.25, -0.2) is 0 Å². The van der Waals surface area contributed by atoms with Gasteiger partial charge in [0.05, 0.1) is 12.0 Å². The Morgan fingerprint density at radius 1 is 1.44 bits per heavy atom. The van der Waals surface area contributed by atoms with Crippen LogP contribution in [0.5, 0.6) is 5.75 Å². The summed E-state index contributed by atoms with van der Waals surface area (Å²) in [5.74, 6) is 0.698. The maximum atomic E-state index is 10.8. The summed E-state index contributed by atoms with van der Waals surface area (Å²) in [6.45, 7) is 3.77. The number of benzene rings is 1. The van der Waals surface area contributed by atoms with Crippen LogP contribution in [0.1, 0.15) is 25.3 Å². The largest absolute Gasteiger partial charge is 0.496 e. The van der Waals surface area contributed by atoms with Crippen molar-refractivity contribution < 1.29 is 9.66 Å². The molecule has 0 N–H and O–H groups in total. The standard InChI is InChI=1S/C13H20N2O3/c1-4-5-8-14(2)10-11-9-12(15(16)17)6-7-13(11)18-3/h6-7,9H,4-5,8,10H2,1-3H3. The molecular weight excluding hydrogens is 232 g/mol. The number of hydrogen-bond acceptors (Lipinski definition) is 4. The van der Waals surface area contributed by atoms with E-state index in [2.05, 4.69) is 11.8 Å². The lowest BCUT2D eigenvalue weighted by atomic mass is 10.1. The highest BCUT2D eigenvalue weighted by molar-refractivity contribution is 5.43. The number of nitro groups is 1. The van der Waals surface area contributed by atoms with Crippen LogP contribution in [0.25, 0.3) is 0 Å². The average molecular weight is 252 g/mol. The van der Waals surface area contributed by atoms with Gasteiger partial charge < -0.3 is 9.64 Å². The van der Waals surface area contributed by atoms with Crippen molar-refractivity contribution in [2.24, 2.45) is 0 Å². The van der Waals surface area contributed by atoms with Crippen LogP contribution < -0.4 is 4.74 Å². The molecule has 5 nitrogen and oxygen atoms in total. The van der Waals surface area contributed by atoms with Gasteiger partial charge in [-0.2, -0.15) is 0 Å². The van der Waals surface area contributed by atoms with Crippen molar-refractivity contribution in [3.8, 4) is 5.75 Å². The molecule has 1 aromatic rings. The predicted molar refractivity (Wildman–Crippen MR) is 70.9 cm³/mol. The molecule has 0 saturated heterocycles. The Morgan fingerprint density at radius 3 is 2.72 bits per heavy atom. The third kappa shape index (κ3) is 4.00. The summed E-state index contributed by atoms with van der Waals surface area (Å²) in [5.41, 5.74) is 0.958. The topological polar surface area (TPSA) is 55.6 Å². The maximum absolute atomic E-state index is 10.8. The van der Waals surface area contributed by atoms with Crippen molar-refractivity contribution in [2.45, 2.75) is 26.3 Å². The lowest BCUT2D eigenvalue weighted by Crippen LogP contribution is -2.19. The minimum atomic E-state index is -0.380. The number of hydrogen-bond donors (Lipinski definition) is 0. The zero-order valence-corrected chi connectivity index (χ0v) is 11.2. The second-order valence-corrected chi connectivity index (χ2v) is 4.34. The van der Waals surface area contributed by atoms with Gasteiger partial charge in [0.25, 0.3) is 5.69 Å². The Kier molecular flexibility index (Phi) is 5.58. The van der Waals surface area contributed by atoms with Gasteiger partial charge in [0.1, 0.15) is 5.75 Å². The molecule has 0 bridgehead atoms. The molecule has 0 spiro atoms. The Bertz CT molecular complexity index is 407. The summed E-state index contributed by atoms with van der Waals surface area (Å²) < 4.78 is 5.24. The van der Waals surface area contributed by atoms with E-state index in [1.165, 1.54) is 6.07 Å². The van der Waals surface area contributed by atoms with E-state index in [0.717, 1.165) is 24.9 Å². The van der Waals surface area contributed by atoms with Crippen LogP contribution in [-0.4, -0.2) is 30.5 Å². The number of nitro benzene ring substituents is 1. The molecular formula is C13H20N2O3. The van der Waals surface area contributed by atoms with E-state index in [0.29, 0.717) is 12.3 Å². The van der Waals surface area contributed by atoms with Gasteiger partial charge >= 0.3 is 0 Å². The van der Waals surface area contributed by atoms with Gasteiger partial charge in [-0.15, -0.1) is 0 Å². The van der Waals surface area contributed by atoms with Crippen LogP contribution in [0.15, 0.2) is 18.2 Å². The summed E-state index contributed by atoms with van der Waals surface area (Å²) in [6.07, 6.45) is 2.25. The van der Waals surface area contributed by atoms with Crippen molar-refractivity contribution in [1.29, 1.82) is 0 Å². The van der Waals surface area contributed by atoms with Gasteiger partial charge in [-0.05, 0) is 26.1 Å². The van der Waals surface area contributed by atoms with Crippen LogP contribution in [0.4, 0.5) is 5.69 Å². The molecule has 0 amide bonds. The number of rotatable bonds is 7. The summed E-state index contributed by atoms with van der Waals surface area (Å²) in [4.78, 5) is 12.5. The molecule has 5 heteroatoms. The van der Waals surface area contributed by atoms with E-state index < -0.39 is 0 Å². The Hall–Kier alpha value is -1.62. The smallest absolute Gasteiger partial charge is 0.270 e. The monoisotopic (exact) mass is 252 g/mol. The summed E-state index contributed by atoms with van der Waals surface area (Å²) in [7, 11) is 3.59. The highest BCUT2D eigenvalue weighted by atomic mass is 16.6. The van der Waals surface area contributed by atoms with Crippen molar-refractivity contribution in [3.63, 3.8) is 0 Å². The predicted octanol–water partition coefficient (Wildman–Crippen LogP) is 2.84. The van der Waals surface area contributed by atoms with Crippen LogP contribution >= 0.6 is 0 Å². The van der Waals surface area contributed by atoms with Gasteiger partial charge in [0.2, 0.25) is 0 Å². The molecule has 1 rings (SSSR count). The fourth-order valence-electron chi connectivity index (χ4n) is 1.80. The molecule has 1 aromatic carbocycles. The van der Waals surface area contributed by atoms with Crippen molar-refractivity contribution >= 4 is 5.69 Å². The third-order valence-electron chi connectivity index (χ3n) is 2.81. The van der Waals surface area contributed by atoms with Gasteiger partial charge in [0, 0.05) is 24.2 Å². The highest BCUT2D eigenvalue weighted by Crippen LogP contribution is 2.25. The van der Waals surface area contributed by atoms with E-state index in [1.54, 1.807) is 19.2 Å². The first-order chi connectivity index (χ1) is 8.58. The molecule has 0 fully saturated rings. The van der Waals surface area contributed by atoms with Gasteiger partial charge in [-0.1, -0.05) is 13.3 Å². The SMILES string of the molecule is CCCCN(C)Cc1cc([N+](=O)[O-])ccc1OC. The summed E-state index contributed by atoms with van der Waals surface area (Å²) in [5, 5.41) is 10.8. The lowest BCUT2D eigenvalue weighted by Gasteiger charge is -2.17. The molecule has 0 unspecified atom stereocenters. The molecule has 0 aliphatic carbocycles. The molecule has 0 atom stereocenters. The summed E-state index contributed by atoms with van der Waals surface area (Å²) in [6, 6.07) is 4.71. The third-order valence-corrected chi connectivity index (χ3v) is 2.81. The molecule has 0 saturated carbocycles.